The molecule has 2 aromatic carbocycles. The van der Waals surface area contributed by atoms with Crippen LogP contribution in [-0.2, 0) is 17.6 Å². The maximum absolute atomic E-state index is 12.8. The lowest BCUT2D eigenvalue weighted by Gasteiger charge is -2.17. The molecule has 3 N–H and O–H groups in total. The zero-order chi connectivity index (χ0) is 19.1. The van der Waals surface area contributed by atoms with Gasteiger partial charge in [0.1, 0.15) is 5.75 Å². The van der Waals surface area contributed by atoms with Gasteiger partial charge in [0.05, 0.1) is 12.2 Å². The molecule has 1 amide bonds. The molecule has 0 spiro atoms. The third-order valence-electron chi connectivity index (χ3n) is 4.31. The Morgan fingerprint density at radius 2 is 1.85 bits per heavy atom. The number of aromatic nitrogens is 2. The lowest BCUT2D eigenvalue weighted by atomic mass is 9.91. The normalized spacial score (nSPS) is 11.7. The third-order valence-corrected chi connectivity index (χ3v) is 4.31. The number of phenols is 1. The molecule has 0 unspecified atom stereocenters. The van der Waals surface area contributed by atoms with Crippen LogP contribution in [0.3, 0.4) is 0 Å². The van der Waals surface area contributed by atoms with Gasteiger partial charge in [-0.05, 0) is 29.7 Å². The van der Waals surface area contributed by atoms with Gasteiger partial charge in [0.25, 0.3) is 5.56 Å². The van der Waals surface area contributed by atoms with Crippen LogP contribution in [0.25, 0.3) is 0 Å². The first-order valence-corrected chi connectivity index (χ1v) is 8.76. The molecule has 27 heavy (non-hydrogen) atoms. The Kier molecular flexibility index (Phi) is 5.99. The van der Waals surface area contributed by atoms with E-state index in [-0.39, 0.29) is 23.1 Å². The topological polar surface area (TPSA) is 95.1 Å². The zero-order valence-electron chi connectivity index (χ0n) is 14.8. The predicted octanol–water partition coefficient (Wildman–Crippen LogP) is 2.16. The van der Waals surface area contributed by atoms with Crippen molar-refractivity contribution in [1.29, 1.82) is 0 Å². The van der Waals surface area contributed by atoms with Crippen LogP contribution in [0.5, 0.6) is 5.75 Å². The van der Waals surface area contributed by atoms with E-state index in [1.807, 2.05) is 42.5 Å². The highest BCUT2D eigenvalue weighted by Gasteiger charge is 2.20. The molecule has 1 heterocycles. The Bertz CT molecular complexity index is 937. The van der Waals surface area contributed by atoms with Gasteiger partial charge in [-0.15, -0.1) is 0 Å². The van der Waals surface area contributed by atoms with Gasteiger partial charge in [-0.3, -0.25) is 9.59 Å². The molecule has 1 atom stereocenters. The highest BCUT2D eigenvalue weighted by molar-refractivity contribution is 5.84. The summed E-state index contributed by atoms with van der Waals surface area (Å²) in [6.45, 7) is 0.397. The third kappa shape index (κ3) is 5.28. The first kappa shape index (κ1) is 18.4. The molecule has 0 saturated heterocycles. The summed E-state index contributed by atoms with van der Waals surface area (Å²) in [6.07, 6.45) is 2.37. The van der Waals surface area contributed by atoms with Gasteiger partial charge in [-0.2, -0.15) is 0 Å². The van der Waals surface area contributed by atoms with Gasteiger partial charge in [0.2, 0.25) is 5.91 Å². The fourth-order valence-corrected chi connectivity index (χ4v) is 2.90. The molecule has 0 bridgehead atoms. The molecule has 3 rings (SSSR count). The van der Waals surface area contributed by atoms with Crippen molar-refractivity contribution in [3.63, 3.8) is 0 Å². The van der Waals surface area contributed by atoms with Crippen LogP contribution in [-0.4, -0.2) is 27.5 Å². The molecule has 0 aliphatic rings. The molecular formula is C21H21N3O3. The second kappa shape index (κ2) is 8.80. The Balaban J connectivity index is 1.68. The molecule has 1 aromatic heterocycles. The average Bonchev–Trinajstić information content (AvgIpc) is 2.68. The molecule has 3 aromatic rings. The number of aromatic amines is 1. The highest BCUT2D eigenvalue weighted by atomic mass is 16.3. The van der Waals surface area contributed by atoms with E-state index in [1.165, 1.54) is 12.4 Å². The lowest BCUT2D eigenvalue weighted by Crippen LogP contribution is -2.32. The average molecular weight is 363 g/mol. The fraction of sp³-hybridized carbons (Fsp3) is 0.190. The second-order valence-corrected chi connectivity index (χ2v) is 6.28. The molecule has 0 fully saturated rings. The summed E-state index contributed by atoms with van der Waals surface area (Å²) in [6, 6.07) is 17.9. The number of rotatable bonds is 7. The highest BCUT2D eigenvalue weighted by Crippen LogP contribution is 2.22. The van der Waals surface area contributed by atoms with Crippen molar-refractivity contribution in [3.05, 3.63) is 94.2 Å². The molecule has 0 aliphatic heterocycles. The van der Waals surface area contributed by atoms with E-state index < -0.39 is 0 Å². The minimum absolute atomic E-state index is 0.0842. The number of carbonyl (C=O) groups is 1. The summed E-state index contributed by atoms with van der Waals surface area (Å²) in [7, 11) is 0. The molecule has 0 aliphatic carbocycles. The summed E-state index contributed by atoms with van der Waals surface area (Å²) in [5.74, 6) is -0.230. The number of hydrogen-bond acceptors (Lipinski definition) is 4. The van der Waals surface area contributed by atoms with Crippen molar-refractivity contribution in [2.24, 2.45) is 0 Å². The van der Waals surface area contributed by atoms with Crippen LogP contribution >= 0.6 is 0 Å². The van der Waals surface area contributed by atoms with Gasteiger partial charge < -0.3 is 15.4 Å². The van der Waals surface area contributed by atoms with Crippen LogP contribution in [0.4, 0.5) is 0 Å². The van der Waals surface area contributed by atoms with Gasteiger partial charge in [0.15, 0.2) is 0 Å². The Morgan fingerprint density at radius 1 is 1.11 bits per heavy atom. The van der Waals surface area contributed by atoms with Crippen LogP contribution < -0.4 is 10.9 Å². The number of hydrogen-bond donors (Lipinski definition) is 3. The van der Waals surface area contributed by atoms with E-state index in [2.05, 4.69) is 15.3 Å². The van der Waals surface area contributed by atoms with Crippen molar-refractivity contribution in [2.75, 3.05) is 6.54 Å². The number of amides is 1. The van der Waals surface area contributed by atoms with Crippen molar-refractivity contribution in [3.8, 4) is 5.75 Å². The molecule has 0 saturated carbocycles. The lowest BCUT2D eigenvalue weighted by molar-refractivity contribution is -0.122. The largest absolute Gasteiger partial charge is 0.508 e. The molecule has 6 nitrogen and oxygen atoms in total. The standard InChI is InChI=1S/C21H21N3O3/c25-18-8-6-15(7-9-18)12-19(16-4-2-1-3-5-16)21(27)22-11-10-17-13-20(26)24-14-23-17/h1-9,13-14,19,25H,10-12H2,(H,22,27)(H,23,24,26)/t19-/m0/s1. The van der Waals surface area contributed by atoms with Gasteiger partial charge in [-0.1, -0.05) is 42.5 Å². The number of nitrogens with zero attached hydrogens (tertiary/aromatic N) is 1. The van der Waals surface area contributed by atoms with Crippen LogP contribution in [0.2, 0.25) is 0 Å². The monoisotopic (exact) mass is 363 g/mol. The van der Waals surface area contributed by atoms with E-state index in [0.29, 0.717) is 25.1 Å². The quantitative estimate of drug-likeness (QED) is 0.599. The Morgan fingerprint density at radius 3 is 2.56 bits per heavy atom. The van der Waals surface area contributed by atoms with Crippen molar-refractivity contribution >= 4 is 5.91 Å². The number of carbonyl (C=O) groups excluding carboxylic acids is 1. The summed E-state index contributed by atoms with van der Waals surface area (Å²) >= 11 is 0. The summed E-state index contributed by atoms with van der Waals surface area (Å²) < 4.78 is 0. The maximum Gasteiger partial charge on any atom is 0.250 e. The van der Waals surface area contributed by atoms with Crippen molar-refractivity contribution in [1.82, 2.24) is 15.3 Å². The van der Waals surface area contributed by atoms with Gasteiger partial charge in [0, 0.05) is 24.7 Å². The number of H-pyrrole nitrogens is 1. The SMILES string of the molecule is O=C(NCCc1cc(=O)[nH]cn1)[C@@H](Cc1ccc(O)cc1)c1ccccc1. The van der Waals surface area contributed by atoms with Crippen LogP contribution in [0.1, 0.15) is 22.7 Å². The van der Waals surface area contributed by atoms with Gasteiger partial charge >= 0.3 is 0 Å². The molecule has 0 radical (unpaired) electrons. The minimum Gasteiger partial charge on any atom is -0.508 e. The molecular weight excluding hydrogens is 342 g/mol. The number of nitrogens with one attached hydrogen (secondary N) is 2. The number of aromatic hydroxyl groups is 1. The van der Waals surface area contributed by atoms with Crippen LogP contribution in [0, 0.1) is 0 Å². The van der Waals surface area contributed by atoms with Crippen LogP contribution in [0.15, 0.2) is 71.8 Å². The molecule has 6 heteroatoms. The first-order chi connectivity index (χ1) is 13.1. The van der Waals surface area contributed by atoms with E-state index in [9.17, 15) is 14.7 Å². The van der Waals surface area contributed by atoms with E-state index in [0.717, 1.165) is 11.1 Å². The fourth-order valence-electron chi connectivity index (χ4n) is 2.90. The van der Waals surface area contributed by atoms with E-state index in [4.69, 9.17) is 0 Å². The number of phenolic OH excluding ortho intramolecular Hbond substituents is 1. The zero-order valence-corrected chi connectivity index (χ0v) is 14.8. The summed E-state index contributed by atoms with van der Waals surface area (Å²) in [4.78, 5) is 30.7. The Hall–Kier alpha value is -3.41. The minimum atomic E-state index is -0.345. The van der Waals surface area contributed by atoms with Crippen molar-refractivity contribution in [2.45, 2.75) is 18.8 Å². The summed E-state index contributed by atoms with van der Waals surface area (Å²) in [5.41, 5.74) is 2.32. The second-order valence-electron chi connectivity index (χ2n) is 6.28. The van der Waals surface area contributed by atoms with Crippen molar-refractivity contribution < 1.29 is 9.90 Å². The van der Waals surface area contributed by atoms with E-state index >= 15 is 0 Å². The number of benzene rings is 2. The smallest absolute Gasteiger partial charge is 0.250 e. The van der Waals surface area contributed by atoms with E-state index in [1.54, 1.807) is 12.1 Å². The Labute approximate surface area is 156 Å². The predicted molar refractivity (Wildman–Crippen MR) is 103 cm³/mol. The first-order valence-electron chi connectivity index (χ1n) is 8.76. The maximum atomic E-state index is 12.8. The van der Waals surface area contributed by atoms with Gasteiger partial charge in [-0.25, -0.2) is 4.98 Å². The summed E-state index contributed by atoms with van der Waals surface area (Å²) in [5, 5.41) is 12.4. The molecule has 138 valence electrons.